The van der Waals surface area contributed by atoms with E-state index in [9.17, 15) is 4.79 Å². The van der Waals surface area contributed by atoms with Gasteiger partial charge in [-0.25, -0.2) is 0 Å². The lowest BCUT2D eigenvalue weighted by Gasteiger charge is -2.01. The second kappa shape index (κ2) is 3.42. The molecule has 1 unspecified atom stereocenters. The van der Waals surface area contributed by atoms with Crippen LogP contribution in [-0.2, 0) is 7.05 Å². The van der Waals surface area contributed by atoms with Gasteiger partial charge in [-0.15, -0.1) is 10.2 Å². The Balaban J connectivity index is 2.78. The molecule has 0 saturated carbocycles. The zero-order chi connectivity index (χ0) is 9.14. The number of carbonyl (C=O) groups excluding carboxylic acids is 1. The molecule has 0 spiro atoms. The third kappa shape index (κ3) is 1.66. The second-order valence-electron chi connectivity index (χ2n) is 2.78. The largest absolute Gasteiger partial charge is 0.290 e. The predicted molar refractivity (Wildman–Crippen MR) is 42.6 cm³/mol. The van der Waals surface area contributed by atoms with Gasteiger partial charge in [-0.3, -0.25) is 4.79 Å². The highest BCUT2D eigenvalue weighted by Gasteiger charge is 2.17. The van der Waals surface area contributed by atoms with Crippen molar-refractivity contribution in [2.24, 2.45) is 13.0 Å². The van der Waals surface area contributed by atoms with E-state index in [1.54, 1.807) is 7.05 Å². The van der Waals surface area contributed by atoms with E-state index in [0.717, 1.165) is 6.42 Å². The van der Waals surface area contributed by atoms with Crippen molar-refractivity contribution in [1.82, 2.24) is 20.2 Å². The molecular weight excluding hydrogens is 156 g/mol. The Morgan fingerprint density at radius 3 is 2.75 bits per heavy atom. The topological polar surface area (TPSA) is 60.7 Å². The first-order valence-corrected chi connectivity index (χ1v) is 3.93. The highest BCUT2D eigenvalue weighted by molar-refractivity contribution is 5.93. The molecule has 66 valence electrons. The van der Waals surface area contributed by atoms with Gasteiger partial charge in [-0.05, 0) is 11.6 Å². The van der Waals surface area contributed by atoms with Gasteiger partial charge in [0, 0.05) is 5.92 Å². The van der Waals surface area contributed by atoms with Crippen LogP contribution >= 0.6 is 0 Å². The molecule has 0 radical (unpaired) electrons. The Hall–Kier alpha value is -1.26. The quantitative estimate of drug-likeness (QED) is 0.614. The van der Waals surface area contributed by atoms with Gasteiger partial charge in [0.1, 0.15) is 0 Å². The number of hydrogen-bond donors (Lipinski definition) is 0. The molecule has 0 amide bonds. The Kier molecular flexibility index (Phi) is 2.52. The fourth-order valence-corrected chi connectivity index (χ4v) is 0.789. The minimum atomic E-state index is -0.0365. The molecule has 1 atom stereocenters. The van der Waals surface area contributed by atoms with Gasteiger partial charge >= 0.3 is 0 Å². The molecule has 1 rings (SSSR count). The molecule has 1 aromatic rings. The summed E-state index contributed by atoms with van der Waals surface area (Å²) < 4.78 is 0. The van der Waals surface area contributed by atoms with Crippen molar-refractivity contribution in [3.05, 3.63) is 5.82 Å². The van der Waals surface area contributed by atoms with E-state index in [0.29, 0.717) is 0 Å². The lowest BCUT2D eigenvalue weighted by Crippen LogP contribution is -2.12. The van der Waals surface area contributed by atoms with Crippen LogP contribution in [0.2, 0.25) is 0 Å². The lowest BCUT2D eigenvalue weighted by molar-refractivity contribution is 0.0916. The van der Waals surface area contributed by atoms with Gasteiger partial charge in [-0.1, -0.05) is 13.8 Å². The number of aryl methyl sites for hydroxylation is 1. The monoisotopic (exact) mass is 168 g/mol. The van der Waals surface area contributed by atoms with Crippen LogP contribution in [0.15, 0.2) is 0 Å². The van der Waals surface area contributed by atoms with Crippen LogP contribution in [0.3, 0.4) is 0 Å². The van der Waals surface area contributed by atoms with E-state index in [4.69, 9.17) is 0 Å². The lowest BCUT2D eigenvalue weighted by atomic mass is 10.0. The summed E-state index contributed by atoms with van der Waals surface area (Å²) in [7, 11) is 1.64. The van der Waals surface area contributed by atoms with E-state index in [-0.39, 0.29) is 17.5 Å². The number of rotatable bonds is 3. The Morgan fingerprint density at radius 2 is 2.33 bits per heavy atom. The van der Waals surface area contributed by atoms with Crippen LogP contribution in [0.1, 0.15) is 30.9 Å². The fraction of sp³-hybridized carbons (Fsp3) is 0.714. The maximum atomic E-state index is 11.4. The van der Waals surface area contributed by atoms with E-state index in [1.165, 1.54) is 4.80 Å². The average Bonchev–Trinajstić information content (AvgIpc) is 2.49. The molecule has 0 aromatic carbocycles. The zero-order valence-corrected chi connectivity index (χ0v) is 7.48. The van der Waals surface area contributed by atoms with Crippen molar-refractivity contribution >= 4 is 5.78 Å². The van der Waals surface area contributed by atoms with Gasteiger partial charge in [0.15, 0.2) is 0 Å². The van der Waals surface area contributed by atoms with Crippen molar-refractivity contribution < 1.29 is 4.79 Å². The van der Waals surface area contributed by atoms with Gasteiger partial charge in [0.05, 0.1) is 7.05 Å². The third-order valence-electron chi connectivity index (χ3n) is 1.79. The molecule has 1 aromatic heterocycles. The number of ketones is 1. The molecule has 0 aliphatic rings. The number of tetrazole rings is 1. The Bertz CT molecular complexity index is 281. The number of hydrogen-bond acceptors (Lipinski definition) is 4. The van der Waals surface area contributed by atoms with Crippen LogP contribution < -0.4 is 0 Å². The zero-order valence-electron chi connectivity index (χ0n) is 7.48. The SMILES string of the molecule is CCC(C)C(=O)c1nnn(C)n1. The molecule has 0 N–H and O–H groups in total. The van der Waals surface area contributed by atoms with Crippen molar-refractivity contribution in [1.29, 1.82) is 0 Å². The molecule has 5 heteroatoms. The first kappa shape index (κ1) is 8.83. The minimum Gasteiger partial charge on any atom is -0.290 e. The summed E-state index contributed by atoms with van der Waals surface area (Å²) in [5.74, 6) is 0.159. The third-order valence-corrected chi connectivity index (χ3v) is 1.79. The average molecular weight is 168 g/mol. The molecule has 12 heavy (non-hydrogen) atoms. The van der Waals surface area contributed by atoms with Crippen molar-refractivity contribution in [2.45, 2.75) is 20.3 Å². The number of aromatic nitrogens is 4. The van der Waals surface area contributed by atoms with Crippen molar-refractivity contribution in [3.63, 3.8) is 0 Å². The summed E-state index contributed by atoms with van der Waals surface area (Å²) >= 11 is 0. The molecule has 0 fully saturated rings. The minimum absolute atomic E-state index is 0.0193. The summed E-state index contributed by atoms with van der Waals surface area (Å²) in [6.07, 6.45) is 0.803. The van der Waals surface area contributed by atoms with Gasteiger partial charge in [-0.2, -0.15) is 4.80 Å². The summed E-state index contributed by atoms with van der Waals surface area (Å²) in [6, 6.07) is 0. The maximum absolute atomic E-state index is 11.4. The maximum Gasteiger partial charge on any atom is 0.240 e. The predicted octanol–water partition coefficient (Wildman–Crippen LogP) is 0.439. The number of nitrogens with zero attached hydrogens (tertiary/aromatic N) is 4. The summed E-state index contributed by atoms with van der Waals surface area (Å²) in [5, 5.41) is 11.1. The Labute approximate surface area is 70.8 Å². The first-order valence-electron chi connectivity index (χ1n) is 3.93. The summed E-state index contributed by atoms with van der Waals surface area (Å²) in [4.78, 5) is 12.7. The summed E-state index contributed by atoms with van der Waals surface area (Å²) in [5.41, 5.74) is 0. The normalized spacial score (nSPS) is 12.9. The molecular formula is C7H12N4O. The van der Waals surface area contributed by atoms with Gasteiger partial charge in [0.2, 0.25) is 11.6 Å². The van der Waals surface area contributed by atoms with E-state index < -0.39 is 0 Å². The molecule has 0 aliphatic heterocycles. The van der Waals surface area contributed by atoms with Gasteiger partial charge < -0.3 is 0 Å². The number of Topliss-reactive ketones (excluding diaryl/α,β-unsaturated/α-hetero) is 1. The first-order chi connectivity index (χ1) is 5.65. The van der Waals surface area contributed by atoms with Crippen LogP contribution in [0.5, 0.6) is 0 Å². The van der Waals surface area contributed by atoms with Crippen LogP contribution in [0.25, 0.3) is 0 Å². The van der Waals surface area contributed by atoms with E-state index in [2.05, 4.69) is 15.4 Å². The number of carbonyl (C=O) groups is 1. The highest BCUT2D eigenvalue weighted by atomic mass is 16.1. The second-order valence-corrected chi connectivity index (χ2v) is 2.78. The fourth-order valence-electron chi connectivity index (χ4n) is 0.789. The van der Waals surface area contributed by atoms with Crippen molar-refractivity contribution in [3.8, 4) is 0 Å². The van der Waals surface area contributed by atoms with E-state index >= 15 is 0 Å². The van der Waals surface area contributed by atoms with Gasteiger partial charge in [0.25, 0.3) is 0 Å². The highest BCUT2D eigenvalue weighted by Crippen LogP contribution is 2.06. The molecule has 0 bridgehead atoms. The van der Waals surface area contributed by atoms with Crippen LogP contribution in [0.4, 0.5) is 0 Å². The van der Waals surface area contributed by atoms with Crippen LogP contribution in [-0.4, -0.2) is 26.0 Å². The smallest absolute Gasteiger partial charge is 0.240 e. The molecule has 5 nitrogen and oxygen atoms in total. The standard InChI is InChI=1S/C7H12N4O/c1-4-5(2)6(12)7-8-10-11(3)9-7/h5H,4H2,1-3H3. The van der Waals surface area contributed by atoms with Crippen LogP contribution in [0, 0.1) is 5.92 Å². The Morgan fingerprint density at radius 1 is 1.67 bits per heavy atom. The van der Waals surface area contributed by atoms with Crippen molar-refractivity contribution in [2.75, 3.05) is 0 Å². The van der Waals surface area contributed by atoms with E-state index in [1.807, 2.05) is 13.8 Å². The molecule has 0 aliphatic carbocycles. The molecule has 1 heterocycles. The summed E-state index contributed by atoms with van der Waals surface area (Å²) in [6.45, 7) is 3.82. The molecule has 0 saturated heterocycles.